The van der Waals surface area contributed by atoms with Crippen LogP contribution >= 0.6 is 0 Å². The van der Waals surface area contributed by atoms with E-state index in [-0.39, 0.29) is 22.8 Å². The lowest BCUT2D eigenvalue weighted by Crippen LogP contribution is -2.30. The number of carboxylic acids is 2. The summed E-state index contributed by atoms with van der Waals surface area (Å²) in [6.07, 6.45) is 6.33. The first kappa shape index (κ1) is 19.3. The van der Waals surface area contributed by atoms with Gasteiger partial charge in [0.25, 0.3) is 10.0 Å². The number of pyridine rings is 1. The minimum atomic E-state index is -3.95. The lowest BCUT2D eigenvalue weighted by Gasteiger charge is -2.19. The van der Waals surface area contributed by atoms with Gasteiger partial charge in [-0.1, -0.05) is 18.2 Å². The molecule has 2 heterocycles. The predicted octanol–water partition coefficient (Wildman–Crippen LogP) is 2.03. The highest BCUT2D eigenvalue weighted by Gasteiger charge is 2.33. The number of hydrogen-bond acceptors (Lipinski definition) is 5. The summed E-state index contributed by atoms with van der Waals surface area (Å²) in [5.41, 5.74) is 1.51. The van der Waals surface area contributed by atoms with Crippen molar-refractivity contribution in [2.24, 2.45) is 0 Å². The minimum Gasteiger partial charge on any atom is -0.478 e. The van der Waals surface area contributed by atoms with E-state index in [0.717, 1.165) is 12.2 Å². The molecule has 0 radical (unpaired) electrons. The molecule has 0 fully saturated rings. The van der Waals surface area contributed by atoms with Crippen molar-refractivity contribution in [1.82, 2.24) is 4.98 Å². The van der Waals surface area contributed by atoms with Crippen molar-refractivity contribution >= 4 is 39.9 Å². The molecular formula is C19H16N2O6S. The highest BCUT2D eigenvalue weighted by Crippen LogP contribution is 2.33. The number of sulfonamides is 1. The Morgan fingerprint density at radius 2 is 1.75 bits per heavy atom. The van der Waals surface area contributed by atoms with Crippen LogP contribution in [0.15, 0.2) is 53.6 Å². The quantitative estimate of drug-likeness (QED) is 0.711. The summed E-state index contributed by atoms with van der Waals surface area (Å²) in [5, 5.41) is 17.5. The molecule has 1 aromatic carbocycles. The van der Waals surface area contributed by atoms with E-state index >= 15 is 0 Å². The number of aliphatic carboxylic acids is 2. The summed E-state index contributed by atoms with van der Waals surface area (Å²) >= 11 is 0. The first-order valence-electron chi connectivity index (χ1n) is 8.22. The van der Waals surface area contributed by atoms with Crippen LogP contribution in [0.25, 0.3) is 12.2 Å². The third-order valence-corrected chi connectivity index (χ3v) is 5.96. The largest absolute Gasteiger partial charge is 0.478 e. The van der Waals surface area contributed by atoms with Gasteiger partial charge in [0.15, 0.2) is 0 Å². The van der Waals surface area contributed by atoms with Crippen LogP contribution in [0.4, 0.5) is 5.82 Å². The molecule has 2 aromatic rings. The van der Waals surface area contributed by atoms with E-state index in [1.165, 1.54) is 34.8 Å². The first-order chi connectivity index (χ1) is 13.3. The van der Waals surface area contributed by atoms with Gasteiger partial charge in [-0.25, -0.2) is 27.3 Å². The number of carbonyl (C=O) groups is 2. The fraction of sp³-hybridized carbons (Fsp3) is 0.105. The van der Waals surface area contributed by atoms with E-state index in [2.05, 4.69) is 4.98 Å². The Morgan fingerprint density at radius 3 is 2.46 bits per heavy atom. The second kappa shape index (κ2) is 7.65. The Labute approximate surface area is 161 Å². The minimum absolute atomic E-state index is 0.0167. The van der Waals surface area contributed by atoms with Crippen molar-refractivity contribution in [3.05, 3.63) is 65.4 Å². The molecule has 0 atom stereocenters. The molecule has 0 saturated heterocycles. The van der Waals surface area contributed by atoms with E-state index in [0.29, 0.717) is 17.5 Å². The normalized spacial score (nSPS) is 13.9. The topological polar surface area (TPSA) is 125 Å². The van der Waals surface area contributed by atoms with E-state index in [1.54, 1.807) is 18.2 Å². The van der Waals surface area contributed by atoms with Crippen LogP contribution in [0.3, 0.4) is 0 Å². The maximum atomic E-state index is 13.2. The third kappa shape index (κ3) is 3.94. The Bertz CT molecular complexity index is 1110. The molecule has 144 valence electrons. The molecule has 0 aliphatic carbocycles. The number of anilines is 1. The monoisotopic (exact) mass is 400 g/mol. The molecule has 2 N–H and O–H groups in total. The summed E-state index contributed by atoms with van der Waals surface area (Å²) in [6.45, 7) is 0.188. The van der Waals surface area contributed by atoms with E-state index in [1.807, 2.05) is 0 Å². The summed E-state index contributed by atoms with van der Waals surface area (Å²) in [6, 6.07) is 7.83. The Morgan fingerprint density at radius 1 is 1.07 bits per heavy atom. The van der Waals surface area contributed by atoms with Gasteiger partial charge in [-0.05, 0) is 47.4 Å². The van der Waals surface area contributed by atoms with Crippen molar-refractivity contribution < 1.29 is 28.2 Å². The van der Waals surface area contributed by atoms with Crippen LogP contribution in [0.2, 0.25) is 0 Å². The summed E-state index contributed by atoms with van der Waals surface area (Å²) < 4.78 is 27.5. The molecule has 8 nitrogen and oxygen atoms in total. The summed E-state index contributed by atoms with van der Waals surface area (Å²) in [7, 11) is -3.95. The van der Waals surface area contributed by atoms with Gasteiger partial charge >= 0.3 is 11.9 Å². The number of nitrogens with zero attached hydrogens (tertiary/aromatic N) is 2. The first-order valence-corrected chi connectivity index (χ1v) is 9.66. The molecule has 1 aliphatic rings. The Kier molecular flexibility index (Phi) is 5.27. The van der Waals surface area contributed by atoms with E-state index < -0.39 is 22.0 Å². The number of carboxylic acid groups (broad SMARTS) is 2. The SMILES string of the molecule is O=C(O)C=Cc1cnc2c(c1)CCN2S(=O)(=O)c1ccccc1C=CC(=O)O. The van der Waals surface area contributed by atoms with Gasteiger partial charge in [0.1, 0.15) is 5.82 Å². The average Bonchev–Trinajstić information content (AvgIpc) is 3.09. The zero-order valence-corrected chi connectivity index (χ0v) is 15.3. The second-order valence-electron chi connectivity index (χ2n) is 5.96. The van der Waals surface area contributed by atoms with Crippen molar-refractivity contribution in [2.75, 3.05) is 10.8 Å². The van der Waals surface area contributed by atoms with Crippen LogP contribution in [-0.4, -0.2) is 42.1 Å². The van der Waals surface area contributed by atoms with Crippen molar-refractivity contribution in [2.45, 2.75) is 11.3 Å². The molecule has 28 heavy (non-hydrogen) atoms. The zero-order valence-electron chi connectivity index (χ0n) is 14.5. The standard InChI is InChI=1S/C19H16N2O6S/c22-17(23)7-5-13-11-15-9-10-21(19(15)20-12-13)28(26,27)16-4-2-1-3-14(16)6-8-18(24)25/h1-8,11-12H,9-10H2,(H,22,23)(H,24,25). The fourth-order valence-corrected chi connectivity index (χ4v) is 4.53. The van der Waals surface area contributed by atoms with Gasteiger partial charge in [-0.2, -0.15) is 0 Å². The van der Waals surface area contributed by atoms with E-state index in [9.17, 15) is 18.0 Å². The third-order valence-electron chi connectivity index (χ3n) is 4.10. The van der Waals surface area contributed by atoms with Crippen LogP contribution < -0.4 is 4.31 Å². The van der Waals surface area contributed by atoms with Gasteiger partial charge in [0, 0.05) is 24.9 Å². The number of hydrogen-bond donors (Lipinski definition) is 2. The predicted molar refractivity (Wildman–Crippen MR) is 102 cm³/mol. The smallest absolute Gasteiger partial charge is 0.328 e. The molecule has 0 spiro atoms. The van der Waals surface area contributed by atoms with Crippen molar-refractivity contribution in [3.63, 3.8) is 0 Å². The van der Waals surface area contributed by atoms with Crippen LogP contribution in [0.1, 0.15) is 16.7 Å². The second-order valence-corrected chi connectivity index (χ2v) is 7.79. The van der Waals surface area contributed by atoms with Gasteiger partial charge < -0.3 is 10.2 Å². The highest BCUT2D eigenvalue weighted by atomic mass is 32.2. The van der Waals surface area contributed by atoms with Gasteiger partial charge in [-0.3, -0.25) is 0 Å². The zero-order chi connectivity index (χ0) is 20.3. The molecule has 3 rings (SSSR count). The van der Waals surface area contributed by atoms with Crippen LogP contribution in [-0.2, 0) is 26.0 Å². The Hall–Kier alpha value is -3.46. The average molecular weight is 400 g/mol. The molecule has 9 heteroatoms. The molecule has 0 saturated carbocycles. The molecule has 1 aliphatic heterocycles. The van der Waals surface area contributed by atoms with Crippen molar-refractivity contribution in [3.8, 4) is 0 Å². The molecule has 0 bridgehead atoms. The van der Waals surface area contributed by atoms with Gasteiger partial charge in [-0.15, -0.1) is 0 Å². The highest BCUT2D eigenvalue weighted by molar-refractivity contribution is 7.93. The molecule has 0 unspecified atom stereocenters. The molecular weight excluding hydrogens is 384 g/mol. The van der Waals surface area contributed by atoms with Gasteiger partial charge in [0.2, 0.25) is 0 Å². The fourth-order valence-electron chi connectivity index (χ4n) is 2.88. The molecule has 1 aromatic heterocycles. The summed E-state index contributed by atoms with van der Waals surface area (Å²) in [4.78, 5) is 25.6. The summed E-state index contributed by atoms with van der Waals surface area (Å²) in [5.74, 6) is -1.98. The maximum absolute atomic E-state index is 13.2. The number of aromatic nitrogens is 1. The lowest BCUT2D eigenvalue weighted by atomic mass is 10.1. The maximum Gasteiger partial charge on any atom is 0.328 e. The van der Waals surface area contributed by atoms with Crippen LogP contribution in [0.5, 0.6) is 0 Å². The van der Waals surface area contributed by atoms with E-state index in [4.69, 9.17) is 10.2 Å². The number of rotatable bonds is 6. The number of fused-ring (bicyclic) bond motifs is 1. The van der Waals surface area contributed by atoms with Crippen LogP contribution in [0, 0.1) is 0 Å². The lowest BCUT2D eigenvalue weighted by molar-refractivity contribution is -0.132. The van der Waals surface area contributed by atoms with Gasteiger partial charge in [0.05, 0.1) is 4.90 Å². The Balaban J connectivity index is 1.99. The van der Waals surface area contributed by atoms with Crippen molar-refractivity contribution in [1.29, 1.82) is 0 Å². The molecule has 0 amide bonds. The number of benzene rings is 1.